The van der Waals surface area contributed by atoms with Crippen molar-refractivity contribution in [3.05, 3.63) is 65.0 Å². The second kappa shape index (κ2) is 7.27. The number of halogens is 1. The lowest BCUT2D eigenvalue weighted by molar-refractivity contribution is -0.113. The van der Waals surface area contributed by atoms with Crippen molar-refractivity contribution in [3.8, 4) is 0 Å². The van der Waals surface area contributed by atoms with E-state index in [4.69, 9.17) is 0 Å². The zero-order valence-electron chi connectivity index (χ0n) is 12.2. The fourth-order valence-corrected chi connectivity index (χ4v) is 2.74. The Morgan fingerprint density at radius 1 is 1.19 bits per heavy atom. The van der Waals surface area contributed by atoms with E-state index >= 15 is 0 Å². The predicted octanol–water partition coefficient (Wildman–Crippen LogP) is 4.31. The van der Waals surface area contributed by atoms with Gasteiger partial charge in [0.1, 0.15) is 5.82 Å². The zero-order valence-corrected chi connectivity index (χ0v) is 13.0. The molecule has 0 unspecified atom stereocenters. The van der Waals surface area contributed by atoms with Crippen LogP contribution < -0.4 is 5.32 Å². The highest BCUT2D eigenvalue weighted by Crippen LogP contribution is 2.19. The maximum atomic E-state index is 13.0. The van der Waals surface area contributed by atoms with Gasteiger partial charge in [0.2, 0.25) is 5.91 Å². The number of hydrogen-bond acceptors (Lipinski definition) is 2. The Kier molecular flexibility index (Phi) is 5.39. The third kappa shape index (κ3) is 4.60. The van der Waals surface area contributed by atoms with Gasteiger partial charge in [0.25, 0.3) is 0 Å². The van der Waals surface area contributed by atoms with Crippen LogP contribution in [0.4, 0.5) is 10.1 Å². The van der Waals surface area contributed by atoms with Crippen LogP contribution in [0.25, 0.3) is 0 Å². The number of amides is 1. The molecule has 1 N–H and O–H groups in total. The summed E-state index contributed by atoms with van der Waals surface area (Å²) < 4.78 is 13.0. The van der Waals surface area contributed by atoms with E-state index in [1.54, 1.807) is 6.07 Å². The number of thioether (sulfide) groups is 1. The molecule has 0 aliphatic rings. The van der Waals surface area contributed by atoms with Gasteiger partial charge in [-0.05, 0) is 48.7 Å². The fraction of sp³-hybridized carbons (Fsp3) is 0.235. The smallest absolute Gasteiger partial charge is 0.234 e. The molecule has 0 saturated heterocycles. The van der Waals surface area contributed by atoms with Crippen LogP contribution in [0.5, 0.6) is 0 Å². The maximum Gasteiger partial charge on any atom is 0.234 e. The third-order valence-electron chi connectivity index (χ3n) is 3.27. The molecule has 0 atom stereocenters. The largest absolute Gasteiger partial charge is 0.325 e. The van der Waals surface area contributed by atoms with Gasteiger partial charge in [0.05, 0.1) is 5.75 Å². The fourth-order valence-electron chi connectivity index (χ4n) is 1.96. The number of carbonyl (C=O) groups is 1. The summed E-state index contributed by atoms with van der Waals surface area (Å²) in [5.74, 6) is 0.694. The first-order valence-electron chi connectivity index (χ1n) is 6.74. The van der Waals surface area contributed by atoms with E-state index in [9.17, 15) is 9.18 Å². The van der Waals surface area contributed by atoms with Gasteiger partial charge in [-0.2, -0.15) is 0 Å². The summed E-state index contributed by atoms with van der Waals surface area (Å²) in [6.07, 6.45) is 0. The van der Waals surface area contributed by atoms with Gasteiger partial charge in [-0.3, -0.25) is 4.79 Å². The number of carbonyl (C=O) groups excluding carboxylic acids is 1. The molecule has 2 nitrogen and oxygen atoms in total. The SMILES string of the molecule is Cc1cccc(NC(=O)CSCc2cccc(F)c2)c1C. The molecular formula is C17H18FNOS. The Balaban J connectivity index is 1.84. The van der Waals surface area contributed by atoms with E-state index in [0.717, 1.165) is 22.4 Å². The minimum atomic E-state index is -0.243. The molecule has 0 bridgehead atoms. The molecule has 2 rings (SSSR count). The van der Waals surface area contributed by atoms with E-state index in [0.29, 0.717) is 11.5 Å². The first-order valence-corrected chi connectivity index (χ1v) is 7.90. The zero-order chi connectivity index (χ0) is 15.2. The van der Waals surface area contributed by atoms with Crippen LogP contribution in [0, 0.1) is 19.7 Å². The van der Waals surface area contributed by atoms with Gasteiger partial charge in [-0.1, -0.05) is 24.3 Å². The Morgan fingerprint density at radius 2 is 1.95 bits per heavy atom. The number of anilines is 1. The summed E-state index contributed by atoms with van der Waals surface area (Å²) in [4.78, 5) is 11.9. The van der Waals surface area contributed by atoms with Crippen molar-refractivity contribution in [1.82, 2.24) is 0 Å². The van der Waals surface area contributed by atoms with Crippen LogP contribution in [-0.4, -0.2) is 11.7 Å². The molecule has 0 aliphatic heterocycles. The first kappa shape index (κ1) is 15.6. The van der Waals surface area contributed by atoms with Crippen molar-refractivity contribution in [2.45, 2.75) is 19.6 Å². The van der Waals surface area contributed by atoms with E-state index in [2.05, 4.69) is 5.32 Å². The van der Waals surface area contributed by atoms with Crippen molar-refractivity contribution >= 4 is 23.4 Å². The van der Waals surface area contributed by atoms with Gasteiger partial charge in [0.15, 0.2) is 0 Å². The molecular weight excluding hydrogens is 285 g/mol. The predicted molar refractivity (Wildman–Crippen MR) is 87.1 cm³/mol. The topological polar surface area (TPSA) is 29.1 Å². The molecule has 0 radical (unpaired) electrons. The second-order valence-electron chi connectivity index (χ2n) is 4.92. The standard InChI is InChI=1S/C17H18FNOS/c1-12-5-3-8-16(13(12)2)19-17(20)11-21-10-14-6-4-7-15(18)9-14/h3-9H,10-11H2,1-2H3,(H,19,20). The maximum absolute atomic E-state index is 13.0. The third-order valence-corrected chi connectivity index (χ3v) is 4.27. The van der Waals surface area contributed by atoms with E-state index < -0.39 is 0 Å². The number of rotatable bonds is 5. The van der Waals surface area contributed by atoms with E-state index in [-0.39, 0.29) is 11.7 Å². The monoisotopic (exact) mass is 303 g/mol. The highest BCUT2D eigenvalue weighted by atomic mass is 32.2. The molecule has 0 fully saturated rings. The van der Waals surface area contributed by atoms with Crippen LogP contribution in [0.2, 0.25) is 0 Å². The van der Waals surface area contributed by atoms with Gasteiger partial charge >= 0.3 is 0 Å². The van der Waals surface area contributed by atoms with E-state index in [1.807, 2.05) is 38.1 Å². The molecule has 1 amide bonds. The molecule has 21 heavy (non-hydrogen) atoms. The first-order chi connectivity index (χ1) is 10.1. The molecule has 0 aliphatic carbocycles. The molecule has 2 aromatic rings. The molecule has 0 spiro atoms. The average molecular weight is 303 g/mol. The molecule has 110 valence electrons. The molecule has 0 saturated carbocycles. The number of aryl methyl sites for hydroxylation is 1. The van der Waals surface area contributed by atoms with Crippen molar-refractivity contribution in [1.29, 1.82) is 0 Å². The molecule has 4 heteroatoms. The van der Waals surface area contributed by atoms with Crippen molar-refractivity contribution < 1.29 is 9.18 Å². The average Bonchev–Trinajstić information content (AvgIpc) is 2.44. The van der Waals surface area contributed by atoms with Gasteiger partial charge in [0, 0.05) is 11.4 Å². The summed E-state index contributed by atoms with van der Waals surface area (Å²) in [5.41, 5.74) is 3.98. The number of hydrogen-bond donors (Lipinski definition) is 1. The van der Waals surface area contributed by atoms with Crippen molar-refractivity contribution in [2.75, 3.05) is 11.1 Å². The lowest BCUT2D eigenvalue weighted by Gasteiger charge is -2.10. The van der Waals surface area contributed by atoms with E-state index in [1.165, 1.54) is 23.9 Å². The summed E-state index contributed by atoms with van der Waals surface area (Å²) in [6, 6.07) is 12.3. The minimum absolute atomic E-state index is 0.0369. The second-order valence-corrected chi connectivity index (χ2v) is 5.90. The normalized spacial score (nSPS) is 10.4. The molecule has 0 aromatic heterocycles. The Bertz CT molecular complexity index is 642. The summed E-state index contributed by atoms with van der Waals surface area (Å²) >= 11 is 1.47. The Morgan fingerprint density at radius 3 is 2.71 bits per heavy atom. The quantitative estimate of drug-likeness (QED) is 0.891. The van der Waals surface area contributed by atoms with Crippen LogP contribution in [-0.2, 0) is 10.5 Å². The Hall–Kier alpha value is -1.81. The number of benzene rings is 2. The minimum Gasteiger partial charge on any atom is -0.325 e. The lowest BCUT2D eigenvalue weighted by Crippen LogP contribution is -2.15. The highest BCUT2D eigenvalue weighted by Gasteiger charge is 2.06. The van der Waals surface area contributed by atoms with Crippen LogP contribution in [0.1, 0.15) is 16.7 Å². The van der Waals surface area contributed by atoms with Gasteiger partial charge in [-0.25, -0.2) is 4.39 Å². The van der Waals surface area contributed by atoms with Crippen molar-refractivity contribution in [3.63, 3.8) is 0 Å². The number of nitrogens with one attached hydrogen (secondary N) is 1. The summed E-state index contributed by atoms with van der Waals surface area (Å²) in [5, 5.41) is 2.91. The van der Waals surface area contributed by atoms with Crippen molar-refractivity contribution in [2.24, 2.45) is 0 Å². The molecule has 2 aromatic carbocycles. The van der Waals surface area contributed by atoms with Crippen LogP contribution in [0.15, 0.2) is 42.5 Å². The van der Waals surface area contributed by atoms with Crippen LogP contribution in [0.3, 0.4) is 0 Å². The van der Waals surface area contributed by atoms with Crippen LogP contribution >= 0.6 is 11.8 Å². The van der Waals surface area contributed by atoms with Gasteiger partial charge in [-0.15, -0.1) is 11.8 Å². The van der Waals surface area contributed by atoms with Gasteiger partial charge < -0.3 is 5.32 Å². The Labute approximate surface area is 128 Å². The highest BCUT2D eigenvalue weighted by molar-refractivity contribution is 7.99. The molecule has 0 heterocycles. The lowest BCUT2D eigenvalue weighted by atomic mass is 10.1. The summed E-state index contributed by atoms with van der Waals surface area (Å²) in [6.45, 7) is 4.01. The summed E-state index contributed by atoms with van der Waals surface area (Å²) in [7, 11) is 0.